The van der Waals surface area contributed by atoms with Gasteiger partial charge in [0.2, 0.25) is 0 Å². The Morgan fingerprint density at radius 2 is 1.80 bits per heavy atom. The summed E-state index contributed by atoms with van der Waals surface area (Å²) in [5.41, 5.74) is 1.09. The maximum Gasteiger partial charge on any atom is 0.335 e. The molecule has 2 aromatic carbocycles. The van der Waals surface area contributed by atoms with Gasteiger partial charge < -0.3 is 14.9 Å². The average Bonchev–Trinajstić information content (AvgIpc) is 2.45. The quantitative estimate of drug-likeness (QED) is 0.881. The van der Waals surface area contributed by atoms with Crippen LogP contribution in [0.25, 0.3) is 0 Å². The van der Waals surface area contributed by atoms with Crippen LogP contribution < -0.4 is 4.74 Å². The molecule has 104 valence electrons. The second-order valence-electron chi connectivity index (χ2n) is 4.24. The molecule has 0 unspecified atom stereocenters. The maximum atomic E-state index is 13.3. The first-order chi connectivity index (χ1) is 9.58. The number of halogens is 1. The Morgan fingerprint density at radius 3 is 2.40 bits per heavy atom. The Hall–Kier alpha value is -2.40. The third-order valence-corrected chi connectivity index (χ3v) is 2.72. The van der Waals surface area contributed by atoms with Crippen LogP contribution in [-0.2, 0) is 13.2 Å². The van der Waals surface area contributed by atoms with Gasteiger partial charge in [-0.2, -0.15) is 0 Å². The molecule has 2 aromatic rings. The first-order valence-electron chi connectivity index (χ1n) is 5.94. The van der Waals surface area contributed by atoms with E-state index in [1.165, 1.54) is 12.1 Å². The molecule has 2 N–H and O–H groups in total. The summed E-state index contributed by atoms with van der Waals surface area (Å²) >= 11 is 0. The number of rotatable bonds is 5. The van der Waals surface area contributed by atoms with E-state index < -0.39 is 11.8 Å². The summed E-state index contributed by atoms with van der Waals surface area (Å²) in [5, 5.41) is 17.8. The molecule has 0 fully saturated rings. The molecular formula is C15H13FO4. The van der Waals surface area contributed by atoms with Crippen LogP contribution in [0.1, 0.15) is 21.5 Å². The molecule has 0 aromatic heterocycles. The molecule has 20 heavy (non-hydrogen) atoms. The topological polar surface area (TPSA) is 66.8 Å². The normalized spacial score (nSPS) is 10.3. The lowest BCUT2D eigenvalue weighted by Crippen LogP contribution is -2.02. The second kappa shape index (κ2) is 6.16. The largest absolute Gasteiger partial charge is 0.489 e. The lowest BCUT2D eigenvalue weighted by molar-refractivity contribution is 0.0696. The number of ether oxygens (including phenoxy) is 1. The molecule has 0 saturated carbocycles. The summed E-state index contributed by atoms with van der Waals surface area (Å²) in [7, 11) is 0. The number of hydrogen-bond donors (Lipinski definition) is 2. The predicted molar refractivity (Wildman–Crippen MR) is 70.1 cm³/mol. The van der Waals surface area contributed by atoms with Gasteiger partial charge in [-0.1, -0.05) is 12.1 Å². The van der Waals surface area contributed by atoms with Crippen molar-refractivity contribution in [2.24, 2.45) is 0 Å². The molecular weight excluding hydrogens is 263 g/mol. The van der Waals surface area contributed by atoms with Crippen LogP contribution in [0.3, 0.4) is 0 Å². The highest BCUT2D eigenvalue weighted by Gasteiger charge is 2.07. The minimum atomic E-state index is -1.18. The summed E-state index contributed by atoms with van der Waals surface area (Å²) in [5.74, 6) is -1.24. The predicted octanol–water partition coefficient (Wildman–Crippen LogP) is 2.60. The summed E-state index contributed by atoms with van der Waals surface area (Å²) in [4.78, 5) is 10.8. The standard InChI is InChI=1S/C15H13FO4/c16-13-6-11(5-12(7-13)15(18)19)9-20-14-3-1-10(8-17)2-4-14/h1-7,17H,8-9H2,(H,18,19). The van der Waals surface area contributed by atoms with E-state index in [1.54, 1.807) is 24.3 Å². The van der Waals surface area contributed by atoms with Crippen LogP contribution in [0.4, 0.5) is 4.39 Å². The van der Waals surface area contributed by atoms with Crippen molar-refractivity contribution in [3.8, 4) is 5.75 Å². The van der Waals surface area contributed by atoms with Crippen molar-refractivity contribution in [2.45, 2.75) is 13.2 Å². The van der Waals surface area contributed by atoms with E-state index in [-0.39, 0.29) is 18.8 Å². The minimum absolute atomic E-state index is 0.0495. The first-order valence-corrected chi connectivity index (χ1v) is 5.94. The fourth-order valence-electron chi connectivity index (χ4n) is 1.71. The average molecular weight is 276 g/mol. The summed E-state index contributed by atoms with van der Waals surface area (Å²) < 4.78 is 18.7. The first kappa shape index (κ1) is 14.0. The van der Waals surface area contributed by atoms with E-state index in [0.717, 1.165) is 11.6 Å². The van der Waals surface area contributed by atoms with Crippen LogP contribution >= 0.6 is 0 Å². The number of carbonyl (C=O) groups is 1. The Labute approximate surface area is 115 Å². The molecule has 4 nitrogen and oxygen atoms in total. The van der Waals surface area contributed by atoms with Crippen molar-refractivity contribution in [3.63, 3.8) is 0 Å². The number of aliphatic hydroxyl groups excluding tert-OH is 1. The summed E-state index contributed by atoms with van der Waals surface area (Å²) in [6.45, 7) is 0.0165. The van der Waals surface area contributed by atoms with Gasteiger partial charge in [0.25, 0.3) is 0 Å². The number of carboxylic acid groups (broad SMARTS) is 1. The molecule has 0 aliphatic rings. The molecule has 0 bridgehead atoms. The molecule has 0 aliphatic carbocycles. The molecule has 5 heteroatoms. The van der Waals surface area contributed by atoms with E-state index in [1.807, 2.05) is 0 Å². The molecule has 0 spiro atoms. The molecule has 0 atom stereocenters. The SMILES string of the molecule is O=C(O)c1cc(F)cc(COc2ccc(CO)cc2)c1. The van der Waals surface area contributed by atoms with Crippen LogP contribution in [-0.4, -0.2) is 16.2 Å². The zero-order valence-electron chi connectivity index (χ0n) is 10.5. The van der Waals surface area contributed by atoms with E-state index >= 15 is 0 Å². The van der Waals surface area contributed by atoms with E-state index in [2.05, 4.69) is 0 Å². The Bertz CT molecular complexity index is 608. The lowest BCUT2D eigenvalue weighted by atomic mass is 10.1. The maximum absolute atomic E-state index is 13.3. The van der Waals surface area contributed by atoms with Crippen molar-refractivity contribution < 1.29 is 24.1 Å². The van der Waals surface area contributed by atoms with Gasteiger partial charge in [0.05, 0.1) is 12.2 Å². The van der Waals surface area contributed by atoms with Crippen molar-refractivity contribution in [3.05, 3.63) is 65.0 Å². The number of aliphatic hydroxyl groups is 1. The smallest absolute Gasteiger partial charge is 0.335 e. The number of hydrogen-bond acceptors (Lipinski definition) is 3. The number of carboxylic acids is 1. The molecule has 0 aliphatic heterocycles. The highest BCUT2D eigenvalue weighted by atomic mass is 19.1. The number of benzene rings is 2. The molecule has 0 heterocycles. The second-order valence-corrected chi connectivity index (χ2v) is 4.24. The van der Waals surface area contributed by atoms with Crippen molar-refractivity contribution in [1.82, 2.24) is 0 Å². The van der Waals surface area contributed by atoms with Gasteiger partial charge in [0.15, 0.2) is 0 Å². The van der Waals surface area contributed by atoms with E-state index in [0.29, 0.717) is 11.3 Å². The van der Waals surface area contributed by atoms with Gasteiger partial charge in [0, 0.05) is 0 Å². The molecule has 2 rings (SSSR count). The number of aromatic carboxylic acids is 1. The van der Waals surface area contributed by atoms with Crippen LogP contribution in [0.5, 0.6) is 5.75 Å². The van der Waals surface area contributed by atoms with Gasteiger partial charge in [-0.25, -0.2) is 9.18 Å². The van der Waals surface area contributed by atoms with Gasteiger partial charge in [-0.3, -0.25) is 0 Å². The third kappa shape index (κ3) is 3.55. The van der Waals surface area contributed by atoms with Gasteiger partial charge >= 0.3 is 5.97 Å². The zero-order chi connectivity index (χ0) is 14.5. The Morgan fingerprint density at radius 1 is 1.10 bits per heavy atom. The highest BCUT2D eigenvalue weighted by Crippen LogP contribution is 2.16. The van der Waals surface area contributed by atoms with Gasteiger partial charge in [-0.05, 0) is 41.5 Å². The fourth-order valence-corrected chi connectivity index (χ4v) is 1.71. The van der Waals surface area contributed by atoms with Crippen molar-refractivity contribution in [1.29, 1.82) is 0 Å². The van der Waals surface area contributed by atoms with Crippen molar-refractivity contribution in [2.75, 3.05) is 0 Å². The monoisotopic (exact) mass is 276 g/mol. The Kier molecular flexibility index (Phi) is 4.32. The molecule has 0 saturated heterocycles. The molecule has 0 amide bonds. The van der Waals surface area contributed by atoms with Crippen LogP contribution in [0.2, 0.25) is 0 Å². The zero-order valence-corrected chi connectivity index (χ0v) is 10.5. The lowest BCUT2D eigenvalue weighted by Gasteiger charge is -2.08. The van der Waals surface area contributed by atoms with Crippen LogP contribution in [0.15, 0.2) is 42.5 Å². The van der Waals surface area contributed by atoms with Gasteiger partial charge in [0.1, 0.15) is 18.2 Å². The minimum Gasteiger partial charge on any atom is -0.489 e. The van der Waals surface area contributed by atoms with E-state index in [4.69, 9.17) is 14.9 Å². The van der Waals surface area contributed by atoms with Crippen molar-refractivity contribution >= 4 is 5.97 Å². The van der Waals surface area contributed by atoms with Crippen LogP contribution in [0, 0.1) is 5.82 Å². The summed E-state index contributed by atoms with van der Waals surface area (Å²) in [6, 6.07) is 10.4. The Balaban J connectivity index is 2.08. The highest BCUT2D eigenvalue weighted by molar-refractivity contribution is 5.87. The fraction of sp³-hybridized carbons (Fsp3) is 0.133. The third-order valence-electron chi connectivity index (χ3n) is 2.72. The molecule has 0 radical (unpaired) electrons. The van der Waals surface area contributed by atoms with Gasteiger partial charge in [-0.15, -0.1) is 0 Å². The summed E-state index contributed by atoms with van der Waals surface area (Å²) in [6.07, 6.45) is 0. The van der Waals surface area contributed by atoms with E-state index in [9.17, 15) is 9.18 Å².